The highest BCUT2D eigenvalue weighted by atomic mass is 79.9. The van der Waals surface area contributed by atoms with E-state index in [1.807, 2.05) is 6.92 Å². The third-order valence-electron chi connectivity index (χ3n) is 4.07. The predicted octanol–water partition coefficient (Wildman–Crippen LogP) is 5.11. The smallest absolute Gasteiger partial charge is 0.284 e. The van der Waals surface area contributed by atoms with Gasteiger partial charge in [0.25, 0.3) is 11.6 Å². The van der Waals surface area contributed by atoms with Crippen molar-refractivity contribution in [3.63, 3.8) is 0 Å². The number of hydrogen-bond donors (Lipinski definition) is 0. The Balaban J connectivity index is 1.84. The maximum Gasteiger partial charge on any atom is 0.284 e. The van der Waals surface area contributed by atoms with Crippen molar-refractivity contribution in [3.05, 3.63) is 73.5 Å². The Labute approximate surface area is 179 Å². The fourth-order valence-electron chi connectivity index (χ4n) is 2.71. The molecule has 0 saturated heterocycles. The summed E-state index contributed by atoms with van der Waals surface area (Å²) in [5.74, 6) is 0.141. The lowest BCUT2D eigenvalue weighted by Crippen LogP contribution is -2.31. The summed E-state index contributed by atoms with van der Waals surface area (Å²) < 4.78 is 5.99. The maximum atomic E-state index is 12.9. The van der Waals surface area contributed by atoms with Gasteiger partial charge in [-0.05, 0) is 46.6 Å². The van der Waals surface area contributed by atoms with Crippen LogP contribution in [0.1, 0.15) is 29.6 Å². The third-order valence-corrected chi connectivity index (χ3v) is 5.07. The molecule has 0 aliphatic heterocycles. The third kappa shape index (κ3) is 4.80. The monoisotopic (exact) mass is 478 g/mol. The number of aromatic nitrogens is 2. The van der Waals surface area contributed by atoms with Crippen LogP contribution in [-0.4, -0.2) is 32.5 Å². The van der Waals surface area contributed by atoms with Gasteiger partial charge in [-0.1, -0.05) is 30.7 Å². The largest absolute Gasteiger partial charge is 0.419 e. The summed E-state index contributed by atoms with van der Waals surface area (Å²) in [6.07, 6.45) is 0.690. The molecule has 0 unspecified atom stereocenters. The van der Waals surface area contributed by atoms with Crippen molar-refractivity contribution in [3.8, 4) is 11.5 Å². The van der Waals surface area contributed by atoms with E-state index < -0.39 is 4.92 Å². The second kappa shape index (κ2) is 9.15. The van der Waals surface area contributed by atoms with Crippen LogP contribution in [0.4, 0.5) is 5.69 Å². The number of hydrogen-bond acceptors (Lipinski definition) is 6. The summed E-state index contributed by atoms with van der Waals surface area (Å²) in [6.45, 7) is 2.42. The number of carbonyl (C=O) groups excluding carboxylic acids is 1. The van der Waals surface area contributed by atoms with Gasteiger partial charge in [-0.15, -0.1) is 10.2 Å². The van der Waals surface area contributed by atoms with Crippen molar-refractivity contribution < 1.29 is 14.1 Å². The lowest BCUT2D eigenvalue weighted by atomic mass is 10.1. The topological polar surface area (TPSA) is 102 Å². The molecule has 0 spiro atoms. The van der Waals surface area contributed by atoms with Crippen LogP contribution >= 0.6 is 27.5 Å². The van der Waals surface area contributed by atoms with Gasteiger partial charge in [0.05, 0.1) is 26.5 Å². The van der Waals surface area contributed by atoms with Crippen LogP contribution in [0.15, 0.2) is 51.4 Å². The highest BCUT2D eigenvalue weighted by molar-refractivity contribution is 9.10. The average Bonchev–Trinajstić information content (AvgIpc) is 3.16. The number of nitro benzene ring substituents is 1. The van der Waals surface area contributed by atoms with Gasteiger partial charge in [-0.3, -0.25) is 14.9 Å². The van der Waals surface area contributed by atoms with Crippen LogP contribution in [0.5, 0.6) is 0 Å². The Morgan fingerprint density at radius 1 is 1.28 bits per heavy atom. The van der Waals surface area contributed by atoms with Crippen LogP contribution in [-0.2, 0) is 6.54 Å². The molecule has 3 aromatic rings. The molecule has 150 valence electrons. The Hall–Kier alpha value is -2.78. The fraction of sp³-hybridized carbons (Fsp3) is 0.211. The first kappa shape index (κ1) is 20.9. The van der Waals surface area contributed by atoms with Gasteiger partial charge in [0, 0.05) is 18.2 Å². The van der Waals surface area contributed by atoms with E-state index in [1.165, 1.54) is 23.1 Å². The number of benzene rings is 2. The highest BCUT2D eigenvalue weighted by Crippen LogP contribution is 2.28. The van der Waals surface area contributed by atoms with E-state index in [0.29, 0.717) is 28.0 Å². The Morgan fingerprint density at radius 2 is 2.03 bits per heavy atom. The molecule has 0 N–H and O–H groups in total. The summed E-state index contributed by atoms with van der Waals surface area (Å²) in [4.78, 5) is 25.1. The molecule has 0 bridgehead atoms. The standard InChI is InChI=1S/C19H16BrClN4O4/c1-2-9-24(19(26)12-7-8-14(20)16(10-12)25(27)28)11-17-22-23-18(29-17)13-5-3-4-6-15(13)21/h3-8,10H,2,9,11H2,1H3. The molecule has 29 heavy (non-hydrogen) atoms. The summed E-state index contributed by atoms with van der Waals surface area (Å²) in [5, 5.41) is 19.6. The van der Waals surface area contributed by atoms with Crippen molar-refractivity contribution >= 4 is 39.1 Å². The second-order valence-corrected chi connectivity index (χ2v) is 7.39. The van der Waals surface area contributed by atoms with Gasteiger partial charge < -0.3 is 9.32 Å². The zero-order chi connectivity index (χ0) is 21.0. The van der Waals surface area contributed by atoms with E-state index in [-0.39, 0.29) is 35.5 Å². The minimum Gasteiger partial charge on any atom is -0.419 e. The average molecular weight is 480 g/mol. The van der Waals surface area contributed by atoms with Crippen LogP contribution in [0.3, 0.4) is 0 Å². The molecule has 0 aliphatic rings. The van der Waals surface area contributed by atoms with Gasteiger partial charge in [0.2, 0.25) is 11.8 Å². The van der Waals surface area contributed by atoms with Gasteiger partial charge >= 0.3 is 0 Å². The minimum absolute atomic E-state index is 0.0774. The number of halogens is 2. The molecule has 0 fully saturated rings. The van der Waals surface area contributed by atoms with Crippen LogP contribution < -0.4 is 0 Å². The number of amides is 1. The molecule has 0 atom stereocenters. The summed E-state index contributed by atoms with van der Waals surface area (Å²) in [5.41, 5.74) is 0.634. The summed E-state index contributed by atoms with van der Waals surface area (Å²) >= 11 is 9.28. The van der Waals surface area contributed by atoms with Gasteiger partial charge in [-0.25, -0.2) is 0 Å². The number of nitro groups is 1. The van der Waals surface area contributed by atoms with Crippen molar-refractivity contribution in [2.45, 2.75) is 19.9 Å². The van der Waals surface area contributed by atoms with E-state index in [2.05, 4.69) is 26.1 Å². The lowest BCUT2D eigenvalue weighted by Gasteiger charge is -2.20. The Kier molecular flexibility index (Phi) is 6.60. The Morgan fingerprint density at radius 3 is 2.72 bits per heavy atom. The van der Waals surface area contributed by atoms with Crippen molar-refractivity contribution in [1.82, 2.24) is 15.1 Å². The predicted molar refractivity (Wildman–Crippen MR) is 111 cm³/mol. The second-order valence-electron chi connectivity index (χ2n) is 6.13. The van der Waals surface area contributed by atoms with Crippen LogP contribution in [0, 0.1) is 10.1 Å². The van der Waals surface area contributed by atoms with E-state index in [9.17, 15) is 14.9 Å². The van der Waals surface area contributed by atoms with E-state index in [0.717, 1.165) is 0 Å². The molecule has 0 radical (unpaired) electrons. The number of rotatable bonds is 7. The van der Waals surface area contributed by atoms with Crippen molar-refractivity contribution in [2.75, 3.05) is 6.54 Å². The van der Waals surface area contributed by atoms with Gasteiger partial charge in [-0.2, -0.15) is 0 Å². The molecule has 1 amide bonds. The normalized spacial score (nSPS) is 10.7. The number of nitrogens with zero attached hydrogens (tertiary/aromatic N) is 4. The molecule has 1 aromatic heterocycles. The molecular weight excluding hydrogens is 464 g/mol. The molecule has 10 heteroatoms. The van der Waals surface area contributed by atoms with Crippen molar-refractivity contribution in [1.29, 1.82) is 0 Å². The first-order valence-corrected chi connectivity index (χ1v) is 9.88. The maximum absolute atomic E-state index is 12.9. The molecule has 1 heterocycles. The zero-order valence-corrected chi connectivity index (χ0v) is 17.7. The van der Waals surface area contributed by atoms with Gasteiger partial charge in [0.1, 0.15) is 0 Å². The molecule has 2 aromatic carbocycles. The van der Waals surface area contributed by atoms with E-state index in [1.54, 1.807) is 24.3 Å². The SMILES string of the molecule is CCCN(Cc1nnc(-c2ccccc2Cl)o1)C(=O)c1ccc(Br)c([N+](=O)[O-])c1. The molecule has 3 rings (SSSR count). The highest BCUT2D eigenvalue weighted by Gasteiger charge is 2.22. The summed E-state index contributed by atoms with van der Waals surface area (Å²) in [7, 11) is 0. The first-order valence-electron chi connectivity index (χ1n) is 8.71. The van der Waals surface area contributed by atoms with E-state index >= 15 is 0 Å². The number of carbonyl (C=O) groups is 1. The molecule has 0 saturated carbocycles. The molecule has 8 nitrogen and oxygen atoms in total. The summed E-state index contributed by atoms with van der Waals surface area (Å²) in [6, 6.07) is 11.3. The minimum atomic E-state index is -0.543. The van der Waals surface area contributed by atoms with Crippen molar-refractivity contribution in [2.24, 2.45) is 0 Å². The van der Waals surface area contributed by atoms with Crippen LogP contribution in [0.2, 0.25) is 5.02 Å². The zero-order valence-electron chi connectivity index (χ0n) is 15.3. The molecule has 0 aliphatic carbocycles. The van der Waals surface area contributed by atoms with E-state index in [4.69, 9.17) is 16.0 Å². The fourth-order valence-corrected chi connectivity index (χ4v) is 3.32. The molecular formula is C19H16BrClN4O4. The Bertz CT molecular complexity index is 1060. The quantitative estimate of drug-likeness (QED) is 0.344. The lowest BCUT2D eigenvalue weighted by molar-refractivity contribution is -0.385. The first-order chi connectivity index (χ1) is 13.9. The van der Waals surface area contributed by atoms with Gasteiger partial charge in [0.15, 0.2) is 0 Å². The van der Waals surface area contributed by atoms with Crippen LogP contribution in [0.25, 0.3) is 11.5 Å².